The van der Waals surface area contributed by atoms with E-state index in [0.717, 1.165) is 0 Å². The quantitative estimate of drug-likeness (QED) is 0.334. The van der Waals surface area contributed by atoms with Gasteiger partial charge in [0, 0.05) is 0 Å². The van der Waals surface area contributed by atoms with Crippen LogP contribution in [0.5, 0.6) is 0 Å². The first-order valence-electron chi connectivity index (χ1n) is 7.77. The summed E-state index contributed by atoms with van der Waals surface area (Å²) in [5.41, 5.74) is -0.733. The van der Waals surface area contributed by atoms with Crippen molar-refractivity contribution in [3.8, 4) is 0 Å². The molecular formula is C16H28Cl3NO2Si. The summed E-state index contributed by atoms with van der Waals surface area (Å²) in [7, 11) is -2.00. The number of aliphatic imine (C=N–C) groups is 1. The minimum absolute atomic E-state index is 0.0870. The van der Waals surface area contributed by atoms with Crippen molar-refractivity contribution in [2.24, 2.45) is 10.9 Å². The molecule has 1 aliphatic heterocycles. The first-order chi connectivity index (χ1) is 10.2. The van der Waals surface area contributed by atoms with E-state index in [9.17, 15) is 0 Å². The molecule has 1 heterocycles. The van der Waals surface area contributed by atoms with E-state index in [1.807, 2.05) is 0 Å². The first kappa shape index (κ1) is 21.3. The van der Waals surface area contributed by atoms with Crippen molar-refractivity contribution in [2.45, 2.75) is 68.2 Å². The molecule has 1 rings (SSSR count). The van der Waals surface area contributed by atoms with Crippen LogP contribution in [0.3, 0.4) is 0 Å². The number of alkyl halides is 3. The Morgan fingerprint density at radius 2 is 1.83 bits per heavy atom. The van der Waals surface area contributed by atoms with Gasteiger partial charge in [0.25, 0.3) is 3.79 Å². The summed E-state index contributed by atoms with van der Waals surface area (Å²) in [6, 6.07) is 0. The molecule has 0 radical (unpaired) electrons. The smallest absolute Gasteiger partial charge is 0.266 e. The zero-order valence-corrected chi connectivity index (χ0v) is 18.3. The molecule has 0 saturated carbocycles. The van der Waals surface area contributed by atoms with Crippen molar-refractivity contribution >= 4 is 49.0 Å². The Kier molecular flexibility index (Phi) is 6.36. The first-order valence-corrected chi connectivity index (χ1v) is 11.8. The largest absolute Gasteiger partial charge is 0.475 e. The number of ether oxygens (including phenoxy) is 1. The third-order valence-corrected chi connectivity index (χ3v) is 9.61. The minimum Gasteiger partial charge on any atom is -0.475 e. The van der Waals surface area contributed by atoms with Crippen LogP contribution in [0.2, 0.25) is 18.1 Å². The maximum Gasteiger partial charge on any atom is 0.266 e. The zero-order valence-electron chi connectivity index (χ0n) is 15.0. The summed E-state index contributed by atoms with van der Waals surface area (Å²) in [4.78, 5) is 4.57. The van der Waals surface area contributed by atoms with Crippen molar-refractivity contribution in [3.05, 3.63) is 12.7 Å². The van der Waals surface area contributed by atoms with Gasteiger partial charge in [0.15, 0.2) is 8.32 Å². The van der Waals surface area contributed by atoms with E-state index in [-0.39, 0.29) is 29.6 Å². The Bertz CT molecular complexity index is 481. The van der Waals surface area contributed by atoms with Gasteiger partial charge in [-0.1, -0.05) is 75.5 Å². The van der Waals surface area contributed by atoms with Crippen LogP contribution in [-0.4, -0.2) is 36.3 Å². The van der Waals surface area contributed by atoms with Crippen LogP contribution in [0.4, 0.5) is 0 Å². The molecule has 0 amide bonds. The molecule has 0 aromatic rings. The van der Waals surface area contributed by atoms with Gasteiger partial charge in [-0.15, -0.1) is 6.58 Å². The fraction of sp³-hybridized carbons (Fsp3) is 0.812. The molecule has 23 heavy (non-hydrogen) atoms. The monoisotopic (exact) mass is 399 g/mol. The van der Waals surface area contributed by atoms with Gasteiger partial charge in [-0.2, -0.15) is 0 Å². The van der Waals surface area contributed by atoms with Gasteiger partial charge in [-0.3, -0.25) is 0 Å². The number of nitrogens with zero attached hydrogens (tertiary/aromatic N) is 1. The van der Waals surface area contributed by atoms with Gasteiger partial charge in [0.2, 0.25) is 5.90 Å². The molecule has 0 spiro atoms. The molecule has 7 heteroatoms. The Morgan fingerprint density at radius 1 is 1.30 bits per heavy atom. The van der Waals surface area contributed by atoms with Gasteiger partial charge < -0.3 is 9.16 Å². The van der Waals surface area contributed by atoms with Crippen LogP contribution < -0.4 is 0 Å². The van der Waals surface area contributed by atoms with Crippen molar-refractivity contribution in [3.63, 3.8) is 0 Å². The van der Waals surface area contributed by atoms with E-state index in [0.29, 0.717) is 0 Å². The minimum atomic E-state index is -2.00. The van der Waals surface area contributed by atoms with E-state index >= 15 is 0 Å². The Balaban J connectivity index is 3.24. The molecule has 0 N–H and O–H groups in total. The fourth-order valence-corrected chi connectivity index (χ4v) is 4.01. The second-order valence-corrected chi connectivity index (χ2v) is 15.0. The highest BCUT2D eigenvalue weighted by atomic mass is 35.6. The van der Waals surface area contributed by atoms with Gasteiger partial charge >= 0.3 is 0 Å². The Morgan fingerprint density at radius 3 is 2.13 bits per heavy atom. The number of rotatable bonds is 5. The van der Waals surface area contributed by atoms with Crippen LogP contribution in [0.25, 0.3) is 0 Å². The van der Waals surface area contributed by atoms with E-state index < -0.39 is 17.6 Å². The Hall–Kier alpha value is 0.257. The molecule has 0 saturated heterocycles. The molecule has 0 aromatic carbocycles. The number of hydrogen-bond acceptors (Lipinski definition) is 3. The second-order valence-electron chi connectivity index (χ2n) is 7.94. The van der Waals surface area contributed by atoms with Crippen LogP contribution >= 0.6 is 34.8 Å². The molecule has 0 aromatic heterocycles. The number of hydrogen-bond donors (Lipinski definition) is 0. The van der Waals surface area contributed by atoms with E-state index in [1.54, 1.807) is 6.08 Å². The second kappa shape index (κ2) is 6.87. The van der Waals surface area contributed by atoms with Crippen molar-refractivity contribution in [1.29, 1.82) is 0 Å². The van der Waals surface area contributed by atoms with Crippen molar-refractivity contribution < 1.29 is 9.16 Å². The van der Waals surface area contributed by atoms with Crippen molar-refractivity contribution in [2.75, 3.05) is 6.61 Å². The summed E-state index contributed by atoms with van der Waals surface area (Å²) in [5.74, 6) is 0.316. The lowest BCUT2D eigenvalue weighted by Gasteiger charge is -2.44. The summed E-state index contributed by atoms with van der Waals surface area (Å²) in [6.07, 6.45) is 1.57. The molecule has 0 unspecified atom stereocenters. The van der Waals surface area contributed by atoms with Gasteiger partial charge in [0.1, 0.15) is 12.1 Å². The van der Waals surface area contributed by atoms with Crippen LogP contribution in [0.1, 0.15) is 34.6 Å². The normalized spacial score (nSPS) is 24.4. The topological polar surface area (TPSA) is 30.8 Å². The third-order valence-electron chi connectivity index (χ3n) is 4.67. The summed E-state index contributed by atoms with van der Waals surface area (Å²) in [5, 5.41) is 0.0870. The SMILES string of the molecule is C=C[C@]1([C@H](O[Si](C)(C)C(C)(C)C)C(C)C)COC(C(Cl)(Cl)Cl)=N1. The summed E-state index contributed by atoms with van der Waals surface area (Å²) in [6.45, 7) is 19.5. The van der Waals surface area contributed by atoms with E-state index in [1.165, 1.54) is 0 Å². The van der Waals surface area contributed by atoms with Gasteiger partial charge in [0.05, 0.1) is 6.10 Å². The van der Waals surface area contributed by atoms with Crippen LogP contribution in [-0.2, 0) is 9.16 Å². The highest BCUT2D eigenvalue weighted by Gasteiger charge is 2.51. The lowest BCUT2D eigenvalue weighted by atomic mass is 9.87. The Labute approximate surface area is 156 Å². The molecule has 0 bridgehead atoms. The average Bonchev–Trinajstić information content (AvgIpc) is 2.79. The predicted octanol–water partition coefficient (Wildman–Crippen LogP) is 5.76. The van der Waals surface area contributed by atoms with E-state index in [4.69, 9.17) is 44.0 Å². The maximum absolute atomic E-state index is 6.65. The predicted molar refractivity (Wildman–Crippen MR) is 104 cm³/mol. The molecule has 1 aliphatic rings. The molecule has 3 nitrogen and oxygen atoms in total. The van der Waals surface area contributed by atoms with Gasteiger partial charge in [-0.05, 0) is 24.1 Å². The highest BCUT2D eigenvalue weighted by Crippen LogP contribution is 2.43. The molecule has 2 atom stereocenters. The molecule has 134 valence electrons. The fourth-order valence-electron chi connectivity index (χ4n) is 2.26. The van der Waals surface area contributed by atoms with E-state index in [2.05, 4.69) is 59.3 Å². The molecule has 0 fully saturated rings. The summed E-state index contributed by atoms with van der Waals surface area (Å²) >= 11 is 17.8. The lowest BCUT2D eigenvalue weighted by Crippen LogP contribution is -2.53. The standard InChI is InChI=1S/C16H28Cl3NO2Si/c1-9-15(10-21-13(20-15)16(17,18)19)12(11(2)3)22-23(7,8)14(4,5)6/h9,11-12H,1,10H2,2-8H3/t12-,15-/m1/s1. The molecular weight excluding hydrogens is 373 g/mol. The molecule has 0 aliphatic carbocycles. The zero-order chi connectivity index (χ0) is 18.3. The summed E-state index contributed by atoms with van der Waals surface area (Å²) < 4.78 is 10.6. The van der Waals surface area contributed by atoms with Crippen LogP contribution in [0, 0.1) is 5.92 Å². The average molecular weight is 401 g/mol. The maximum atomic E-state index is 6.65. The van der Waals surface area contributed by atoms with Crippen LogP contribution in [0.15, 0.2) is 17.6 Å². The lowest BCUT2D eigenvalue weighted by molar-refractivity contribution is 0.0635. The third kappa shape index (κ3) is 4.66. The highest BCUT2D eigenvalue weighted by molar-refractivity contribution is 6.76. The van der Waals surface area contributed by atoms with Crippen molar-refractivity contribution in [1.82, 2.24) is 0 Å². The number of halogens is 3. The van der Waals surface area contributed by atoms with Gasteiger partial charge in [-0.25, -0.2) is 4.99 Å².